The molecular formula is C19H23F3N7O2+. The Balaban J connectivity index is 1.82. The summed E-state index contributed by atoms with van der Waals surface area (Å²) < 4.78 is 41.0. The molecule has 1 aliphatic heterocycles. The van der Waals surface area contributed by atoms with Gasteiger partial charge in [0.1, 0.15) is 18.6 Å². The Labute approximate surface area is 176 Å². The lowest BCUT2D eigenvalue weighted by atomic mass is 10.00. The van der Waals surface area contributed by atoms with Gasteiger partial charge in [-0.1, -0.05) is 0 Å². The number of aromatic nitrogens is 4. The molecular weight excluding hydrogens is 415 g/mol. The number of alkyl halides is 3. The highest BCUT2D eigenvalue weighted by Crippen LogP contribution is 2.33. The number of hydrogen-bond donors (Lipinski definition) is 1. The maximum Gasteiger partial charge on any atom is 0.514 e. The predicted octanol–water partition coefficient (Wildman–Crippen LogP) is 2.66. The van der Waals surface area contributed by atoms with Crippen molar-refractivity contribution in [3.05, 3.63) is 35.2 Å². The van der Waals surface area contributed by atoms with Gasteiger partial charge in [0.2, 0.25) is 0 Å². The second-order valence-corrected chi connectivity index (χ2v) is 8.49. The molecule has 0 unspecified atom stereocenters. The molecule has 12 heteroatoms. The van der Waals surface area contributed by atoms with Gasteiger partial charge >= 0.3 is 12.3 Å². The molecule has 1 fully saturated rings. The Kier molecular flexibility index (Phi) is 5.77. The van der Waals surface area contributed by atoms with Gasteiger partial charge in [-0.25, -0.2) is 4.48 Å². The first-order valence-electron chi connectivity index (χ1n) is 9.61. The van der Waals surface area contributed by atoms with Gasteiger partial charge < -0.3 is 5.11 Å². The topological polar surface area (TPSA) is 108 Å². The minimum absolute atomic E-state index is 0.0704. The number of carbonyl (C=O) groups is 1. The number of nitriles is 1. The van der Waals surface area contributed by atoms with Crippen molar-refractivity contribution in [1.29, 1.82) is 5.26 Å². The maximum atomic E-state index is 13.3. The highest BCUT2D eigenvalue weighted by Gasteiger charge is 2.49. The van der Waals surface area contributed by atoms with Gasteiger partial charge in [0, 0.05) is 13.1 Å². The number of quaternary nitrogens is 1. The maximum absolute atomic E-state index is 13.3. The van der Waals surface area contributed by atoms with Crippen LogP contribution in [0, 0.1) is 11.3 Å². The standard InChI is InChI=1S/C19H22F3N7O2/c1-18(2,3)29(17(30)31)8-6-27(7-9-29)12-16-24-25-26-28(16)14-5-4-13(11-23)15(10-14)19(20,21)22/h4-5,10H,6-9,12H2,1-3H3/p+1. The van der Waals surface area contributed by atoms with Crippen LogP contribution in [0.1, 0.15) is 37.7 Å². The molecule has 1 aromatic carbocycles. The average Bonchev–Trinajstić information content (AvgIpc) is 3.14. The molecule has 1 N–H and O–H groups in total. The highest BCUT2D eigenvalue weighted by molar-refractivity contribution is 5.57. The molecule has 9 nitrogen and oxygen atoms in total. The lowest BCUT2D eigenvalue weighted by Crippen LogP contribution is -2.69. The number of tetrazole rings is 1. The van der Waals surface area contributed by atoms with Crippen molar-refractivity contribution in [3.8, 4) is 11.8 Å². The van der Waals surface area contributed by atoms with Gasteiger partial charge in [0.05, 0.1) is 29.4 Å². The van der Waals surface area contributed by atoms with Crippen molar-refractivity contribution in [2.24, 2.45) is 0 Å². The normalized spacial score (nSPS) is 17.3. The number of benzene rings is 1. The van der Waals surface area contributed by atoms with Crippen LogP contribution < -0.4 is 0 Å². The van der Waals surface area contributed by atoms with Crippen molar-refractivity contribution >= 4 is 6.09 Å². The first kappa shape index (κ1) is 22.6. The zero-order valence-electron chi connectivity index (χ0n) is 17.4. The summed E-state index contributed by atoms with van der Waals surface area (Å²) in [6.45, 7) is 7.62. The summed E-state index contributed by atoms with van der Waals surface area (Å²) in [5.41, 5.74) is -1.92. The molecule has 0 aliphatic carbocycles. The molecule has 2 heterocycles. The Hall–Kier alpha value is -3.04. The summed E-state index contributed by atoms with van der Waals surface area (Å²) in [5, 5.41) is 30.1. The third-order valence-corrected chi connectivity index (χ3v) is 5.82. The third-order valence-electron chi connectivity index (χ3n) is 5.82. The fourth-order valence-corrected chi connectivity index (χ4v) is 3.86. The van der Waals surface area contributed by atoms with Crippen LogP contribution in [0.5, 0.6) is 0 Å². The number of rotatable bonds is 3. The van der Waals surface area contributed by atoms with Crippen molar-refractivity contribution in [2.75, 3.05) is 26.2 Å². The van der Waals surface area contributed by atoms with E-state index in [0.29, 0.717) is 32.0 Å². The molecule has 0 bridgehead atoms. The number of carboxylic acid groups (broad SMARTS) is 1. The van der Waals surface area contributed by atoms with Crippen LogP contribution >= 0.6 is 0 Å². The molecule has 3 rings (SSSR count). The predicted molar refractivity (Wildman–Crippen MR) is 102 cm³/mol. The van der Waals surface area contributed by atoms with E-state index in [1.165, 1.54) is 10.7 Å². The molecule has 1 saturated heterocycles. The molecule has 1 aromatic heterocycles. The van der Waals surface area contributed by atoms with Crippen molar-refractivity contribution in [2.45, 2.75) is 39.0 Å². The summed E-state index contributed by atoms with van der Waals surface area (Å²) in [6.07, 6.45) is -5.57. The summed E-state index contributed by atoms with van der Waals surface area (Å²) in [6, 6.07) is 4.84. The van der Waals surface area contributed by atoms with E-state index in [0.717, 1.165) is 12.1 Å². The second kappa shape index (κ2) is 7.90. The van der Waals surface area contributed by atoms with E-state index in [1.54, 1.807) is 6.07 Å². The molecule has 0 spiro atoms. The fraction of sp³-hybridized carbons (Fsp3) is 0.526. The zero-order valence-corrected chi connectivity index (χ0v) is 17.4. The molecule has 0 radical (unpaired) electrons. The lowest BCUT2D eigenvalue weighted by molar-refractivity contribution is -0.907. The monoisotopic (exact) mass is 438 g/mol. The third kappa shape index (κ3) is 4.24. The van der Waals surface area contributed by atoms with Gasteiger partial charge in [-0.2, -0.15) is 27.9 Å². The van der Waals surface area contributed by atoms with Gasteiger partial charge in [0.25, 0.3) is 0 Å². The van der Waals surface area contributed by atoms with E-state index in [-0.39, 0.29) is 16.7 Å². The number of hydrogen-bond acceptors (Lipinski definition) is 6. The Morgan fingerprint density at radius 3 is 2.42 bits per heavy atom. The molecule has 1 amide bonds. The minimum atomic E-state index is -4.69. The van der Waals surface area contributed by atoms with E-state index in [2.05, 4.69) is 15.5 Å². The molecule has 166 valence electrons. The van der Waals surface area contributed by atoms with Crippen LogP contribution in [0.25, 0.3) is 5.69 Å². The van der Waals surface area contributed by atoms with Crippen LogP contribution in [0.15, 0.2) is 18.2 Å². The van der Waals surface area contributed by atoms with Crippen molar-refractivity contribution in [1.82, 2.24) is 25.1 Å². The van der Waals surface area contributed by atoms with E-state index in [1.807, 2.05) is 25.7 Å². The number of amides is 1. The average molecular weight is 438 g/mol. The zero-order chi connectivity index (χ0) is 23.0. The fourth-order valence-electron chi connectivity index (χ4n) is 3.86. The summed E-state index contributed by atoms with van der Waals surface area (Å²) in [4.78, 5) is 13.9. The molecule has 0 atom stereocenters. The number of piperazine rings is 1. The van der Waals surface area contributed by atoms with Crippen LogP contribution in [0.4, 0.5) is 18.0 Å². The Bertz CT molecular complexity index is 1010. The quantitative estimate of drug-likeness (QED) is 0.734. The van der Waals surface area contributed by atoms with Gasteiger partial charge in [-0.3, -0.25) is 4.90 Å². The first-order valence-corrected chi connectivity index (χ1v) is 9.61. The summed E-state index contributed by atoms with van der Waals surface area (Å²) in [7, 11) is 0. The van der Waals surface area contributed by atoms with Crippen molar-refractivity contribution in [3.63, 3.8) is 0 Å². The minimum Gasteiger partial charge on any atom is -0.435 e. The van der Waals surface area contributed by atoms with Gasteiger partial charge in [-0.15, -0.1) is 5.10 Å². The Morgan fingerprint density at radius 1 is 1.26 bits per heavy atom. The summed E-state index contributed by atoms with van der Waals surface area (Å²) >= 11 is 0. The SMILES string of the molecule is CC(C)(C)[N+]1(C(=O)O)CCN(Cc2nnnn2-c2ccc(C#N)c(C(F)(F)F)c2)CC1. The molecule has 0 saturated carbocycles. The van der Waals surface area contributed by atoms with E-state index in [4.69, 9.17) is 5.26 Å². The first-order chi connectivity index (χ1) is 14.4. The largest absolute Gasteiger partial charge is 0.514 e. The van der Waals surface area contributed by atoms with E-state index < -0.39 is 28.9 Å². The van der Waals surface area contributed by atoms with Gasteiger partial charge in [-0.05, 0) is 49.4 Å². The Morgan fingerprint density at radius 2 is 1.90 bits per heavy atom. The van der Waals surface area contributed by atoms with E-state index in [9.17, 15) is 23.1 Å². The van der Waals surface area contributed by atoms with Crippen LogP contribution in [0.2, 0.25) is 0 Å². The lowest BCUT2D eigenvalue weighted by Gasteiger charge is -2.48. The summed E-state index contributed by atoms with van der Waals surface area (Å²) in [5.74, 6) is 0.323. The van der Waals surface area contributed by atoms with Crippen LogP contribution in [-0.4, -0.2) is 72.5 Å². The number of nitrogens with zero attached hydrogens (tertiary/aromatic N) is 7. The van der Waals surface area contributed by atoms with Gasteiger partial charge in [0.15, 0.2) is 5.82 Å². The van der Waals surface area contributed by atoms with Crippen LogP contribution in [-0.2, 0) is 12.7 Å². The van der Waals surface area contributed by atoms with Crippen molar-refractivity contribution < 1.29 is 27.6 Å². The number of halogens is 3. The second-order valence-electron chi connectivity index (χ2n) is 8.49. The molecule has 2 aromatic rings. The van der Waals surface area contributed by atoms with Crippen LogP contribution in [0.3, 0.4) is 0 Å². The molecule has 31 heavy (non-hydrogen) atoms. The highest BCUT2D eigenvalue weighted by atomic mass is 19.4. The van der Waals surface area contributed by atoms with E-state index >= 15 is 0 Å². The molecule has 1 aliphatic rings. The smallest absolute Gasteiger partial charge is 0.435 e.